The van der Waals surface area contributed by atoms with Crippen LogP contribution in [0.5, 0.6) is 0 Å². The normalized spacial score (nSPS) is 14.5. The molecule has 2 aliphatic rings. The molecule has 0 radical (unpaired) electrons. The van der Waals surface area contributed by atoms with Gasteiger partial charge in [-0.2, -0.15) is 4.68 Å². The lowest BCUT2D eigenvalue weighted by atomic mass is 9.96. The predicted octanol–water partition coefficient (Wildman–Crippen LogP) is 3.97. The molecule has 0 bridgehead atoms. The number of nitrogens with zero attached hydrogens (tertiary/aromatic N) is 4. The molecule has 0 spiro atoms. The van der Waals surface area contributed by atoms with Crippen molar-refractivity contribution in [3.8, 4) is 0 Å². The number of amides is 1. The molecule has 9 heteroatoms. The molecule has 9 nitrogen and oxygen atoms in total. The van der Waals surface area contributed by atoms with Crippen LogP contribution >= 0.6 is 0 Å². The first-order valence-corrected chi connectivity index (χ1v) is 13.1. The first-order chi connectivity index (χ1) is 19.4. The number of carbonyl (C=O) groups is 2. The second-order valence-electron chi connectivity index (χ2n) is 9.82. The van der Waals surface area contributed by atoms with Gasteiger partial charge in [0.15, 0.2) is 0 Å². The van der Waals surface area contributed by atoms with Crippen LogP contribution in [0.2, 0.25) is 0 Å². The van der Waals surface area contributed by atoms with Crippen LogP contribution < -0.4 is 10.6 Å². The number of methoxy groups -OCH3 is 1. The molecule has 0 fully saturated rings. The van der Waals surface area contributed by atoms with E-state index in [4.69, 9.17) is 9.47 Å². The Labute approximate surface area is 230 Å². The Bertz CT molecular complexity index is 1800. The Kier molecular flexibility index (Phi) is 6.43. The molecule has 0 N–H and O–H groups in total. The van der Waals surface area contributed by atoms with Crippen LogP contribution in [0.4, 0.5) is 0 Å². The van der Waals surface area contributed by atoms with E-state index in [0.29, 0.717) is 16.9 Å². The van der Waals surface area contributed by atoms with Gasteiger partial charge in [-0.15, -0.1) is 0 Å². The Balaban J connectivity index is 1.52. The molecule has 6 rings (SSSR count). The van der Waals surface area contributed by atoms with Crippen LogP contribution in [0.25, 0.3) is 22.2 Å². The second kappa shape index (κ2) is 10.1. The van der Waals surface area contributed by atoms with Crippen molar-refractivity contribution in [1.82, 2.24) is 14.2 Å². The van der Waals surface area contributed by atoms with Gasteiger partial charge in [0.2, 0.25) is 0 Å². The van der Waals surface area contributed by atoms with Gasteiger partial charge in [0.1, 0.15) is 12.4 Å². The number of rotatable bonds is 6. The monoisotopic (exact) mass is 536 g/mol. The summed E-state index contributed by atoms with van der Waals surface area (Å²) in [6.45, 7) is 4.10. The lowest BCUT2D eigenvalue weighted by Gasteiger charge is -2.23. The highest BCUT2D eigenvalue weighted by Crippen LogP contribution is 2.37. The third-order valence-corrected chi connectivity index (χ3v) is 7.26. The number of fused-ring (bicyclic) bond motifs is 1. The molecule has 0 atom stereocenters. The fourth-order valence-electron chi connectivity index (χ4n) is 5.44. The average molecular weight is 537 g/mol. The smallest absolute Gasteiger partial charge is 0.338 e. The van der Waals surface area contributed by atoms with Gasteiger partial charge in [0, 0.05) is 18.4 Å². The number of hydrogen-bond acceptors (Lipinski definition) is 6. The van der Waals surface area contributed by atoms with Crippen molar-refractivity contribution in [3.63, 3.8) is 0 Å². The first-order valence-electron chi connectivity index (χ1n) is 13.1. The van der Waals surface area contributed by atoms with Crippen LogP contribution in [0, 0.1) is 13.8 Å². The quantitative estimate of drug-likeness (QED) is 0.273. The number of aromatic nitrogens is 3. The minimum absolute atomic E-state index is 0.119. The van der Waals surface area contributed by atoms with Gasteiger partial charge < -0.3 is 14.0 Å². The minimum atomic E-state index is -0.530. The van der Waals surface area contributed by atoms with Crippen LogP contribution in [-0.2, 0) is 20.7 Å². The molecular formula is C31H28N4O5. The van der Waals surface area contributed by atoms with Gasteiger partial charge in [0.25, 0.3) is 11.5 Å². The van der Waals surface area contributed by atoms with Crippen LogP contribution in [0.1, 0.15) is 45.1 Å². The fourth-order valence-corrected chi connectivity index (χ4v) is 5.44. The van der Waals surface area contributed by atoms with Crippen molar-refractivity contribution in [3.05, 3.63) is 111 Å². The van der Waals surface area contributed by atoms with Gasteiger partial charge in [-0.05, 0) is 56.5 Å². The van der Waals surface area contributed by atoms with Gasteiger partial charge in [-0.3, -0.25) is 9.59 Å². The lowest BCUT2D eigenvalue weighted by molar-refractivity contribution is -0.114. The topological polar surface area (TPSA) is 95.7 Å². The van der Waals surface area contributed by atoms with Crippen molar-refractivity contribution in [2.24, 2.45) is 0 Å². The Morgan fingerprint density at radius 2 is 1.82 bits per heavy atom. The number of carbonyl (C=O) groups excluding carboxylic acids is 2. The van der Waals surface area contributed by atoms with Crippen molar-refractivity contribution in [1.29, 1.82) is 0 Å². The zero-order valence-electron chi connectivity index (χ0n) is 22.5. The molecule has 4 aromatic rings. The van der Waals surface area contributed by atoms with Gasteiger partial charge in [-0.1, -0.05) is 36.4 Å². The van der Waals surface area contributed by atoms with E-state index < -0.39 is 11.5 Å². The molecular weight excluding hydrogens is 508 g/mol. The van der Waals surface area contributed by atoms with E-state index in [0.717, 1.165) is 41.1 Å². The molecule has 0 saturated carbocycles. The summed E-state index contributed by atoms with van der Waals surface area (Å²) in [7, 11) is 1.52. The molecule has 1 aliphatic heterocycles. The molecule has 202 valence electrons. The maximum atomic E-state index is 14.2. The zero-order valence-corrected chi connectivity index (χ0v) is 22.5. The Hall–Kier alpha value is -4.76. The summed E-state index contributed by atoms with van der Waals surface area (Å²) in [5.41, 5.74) is 5.42. The standard InChI is InChI=1S/C31H28N4O5/c1-19-16-22-10-7-11-25-28(22)34(19)27(21-8-5-4-6-9-21)18-33(29(25)36)35-20(2)32-26-17-23(12-13-24(26)30(35)37)31(38)40-15-14-39-3/h4-6,8-9,11-13,16-18H,7,10,14-15H2,1-3H3. The van der Waals surface area contributed by atoms with Crippen LogP contribution in [-0.4, -0.2) is 46.4 Å². The summed E-state index contributed by atoms with van der Waals surface area (Å²) in [6.07, 6.45) is 5.24. The number of aryl methyl sites for hydroxylation is 3. The summed E-state index contributed by atoms with van der Waals surface area (Å²) in [5.74, 6) is -0.534. The molecule has 40 heavy (non-hydrogen) atoms. The SMILES string of the molecule is COCCOC(=O)c1ccc2c(=O)n(N3C=C(c4ccccc4)n4c(C)cc5c4C(=CCC5)C3=O)c(C)nc2c1. The number of benzene rings is 2. The average Bonchev–Trinajstić information content (AvgIpc) is 3.23. The third kappa shape index (κ3) is 4.15. The number of esters is 1. The van der Waals surface area contributed by atoms with E-state index >= 15 is 0 Å². The molecule has 2 aromatic carbocycles. The third-order valence-electron chi connectivity index (χ3n) is 7.26. The highest BCUT2D eigenvalue weighted by atomic mass is 16.6. The molecule has 1 aliphatic carbocycles. The number of allylic oxidation sites excluding steroid dienone is 1. The summed E-state index contributed by atoms with van der Waals surface area (Å²) in [5, 5.41) is 1.65. The van der Waals surface area contributed by atoms with Gasteiger partial charge in [-0.25, -0.2) is 14.8 Å². The van der Waals surface area contributed by atoms with Crippen molar-refractivity contribution >= 4 is 34.0 Å². The van der Waals surface area contributed by atoms with E-state index in [1.165, 1.54) is 28.9 Å². The van der Waals surface area contributed by atoms with Crippen molar-refractivity contribution < 1.29 is 19.1 Å². The first kappa shape index (κ1) is 25.5. The van der Waals surface area contributed by atoms with Crippen molar-refractivity contribution in [2.45, 2.75) is 26.7 Å². The summed E-state index contributed by atoms with van der Waals surface area (Å²) in [4.78, 5) is 45.2. The molecule has 0 saturated heterocycles. The summed E-state index contributed by atoms with van der Waals surface area (Å²) < 4.78 is 13.5. The number of ether oxygens (including phenoxy) is 2. The van der Waals surface area contributed by atoms with E-state index in [1.54, 1.807) is 19.2 Å². The van der Waals surface area contributed by atoms with Crippen molar-refractivity contribution in [2.75, 3.05) is 25.3 Å². The van der Waals surface area contributed by atoms with Gasteiger partial charge in [0.05, 0.1) is 46.2 Å². The minimum Gasteiger partial charge on any atom is -0.460 e. The maximum Gasteiger partial charge on any atom is 0.338 e. The molecule has 3 heterocycles. The summed E-state index contributed by atoms with van der Waals surface area (Å²) in [6, 6.07) is 16.5. The molecule has 1 amide bonds. The Morgan fingerprint density at radius 3 is 2.60 bits per heavy atom. The largest absolute Gasteiger partial charge is 0.460 e. The highest BCUT2D eigenvalue weighted by Gasteiger charge is 2.34. The molecule has 2 aromatic heterocycles. The predicted molar refractivity (Wildman–Crippen MR) is 151 cm³/mol. The maximum absolute atomic E-state index is 14.2. The zero-order chi connectivity index (χ0) is 28.0. The van der Waals surface area contributed by atoms with E-state index in [2.05, 4.69) is 15.6 Å². The highest BCUT2D eigenvalue weighted by molar-refractivity contribution is 6.26. The summed E-state index contributed by atoms with van der Waals surface area (Å²) >= 11 is 0. The fraction of sp³-hybridized carbons (Fsp3) is 0.226. The Morgan fingerprint density at radius 1 is 1.02 bits per heavy atom. The van der Waals surface area contributed by atoms with E-state index in [9.17, 15) is 14.4 Å². The van der Waals surface area contributed by atoms with E-state index in [1.807, 2.05) is 43.3 Å². The molecule has 0 unspecified atom stereocenters. The lowest BCUT2D eigenvalue weighted by Crippen LogP contribution is -2.44. The second-order valence-corrected chi connectivity index (χ2v) is 9.82. The van der Waals surface area contributed by atoms with Gasteiger partial charge >= 0.3 is 5.97 Å². The van der Waals surface area contributed by atoms with Crippen LogP contribution in [0.15, 0.2) is 71.7 Å². The van der Waals surface area contributed by atoms with Crippen LogP contribution in [0.3, 0.4) is 0 Å². The van der Waals surface area contributed by atoms with E-state index in [-0.39, 0.29) is 30.1 Å². The number of hydrogen-bond donors (Lipinski definition) is 0.